The second-order valence-corrected chi connectivity index (χ2v) is 10.1. The zero-order valence-electron chi connectivity index (χ0n) is 20.2. The summed E-state index contributed by atoms with van der Waals surface area (Å²) < 4.78 is 46.0. The van der Waals surface area contributed by atoms with E-state index in [9.17, 15) is 18.0 Å². The summed E-state index contributed by atoms with van der Waals surface area (Å²) >= 11 is 0. The highest BCUT2D eigenvalue weighted by Crippen LogP contribution is 2.54. The molecule has 5 nitrogen and oxygen atoms in total. The summed E-state index contributed by atoms with van der Waals surface area (Å²) in [6.07, 6.45) is -0.744. The lowest BCUT2D eigenvalue weighted by Crippen LogP contribution is -2.52. The number of benzene rings is 2. The molecule has 2 bridgehead atoms. The van der Waals surface area contributed by atoms with Crippen LogP contribution in [-0.2, 0) is 22.3 Å². The number of alkyl halides is 3. The van der Waals surface area contributed by atoms with E-state index in [0.29, 0.717) is 24.9 Å². The number of hydrogen-bond donors (Lipinski definition) is 0. The maximum Gasteiger partial charge on any atom is 0.416 e. The Morgan fingerprint density at radius 1 is 0.973 bits per heavy atom. The number of hydrogen-bond acceptors (Lipinski definition) is 4. The third-order valence-corrected chi connectivity index (χ3v) is 8.07. The summed E-state index contributed by atoms with van der Waals surface area (Å²) in [6.45, 7) is 2.47. The Morgan fingerprint density at radius 2 is 1.68 bits per heavy atom. The molecule has 5 atom stereocenters. The van der Waals surface area contributed by atoms with Crippen LogP contribution >= 0.6 is 0 Å². The lowest BCUT2D eigenvalue weighted by molar-refractivity contribution is -0.151. The van der Waals surface area contributed by atoms with Gasteiger partial charge in [-0.3, -0.25) is 14.8 Å². The molecule has 0 unspecified atom stereocenters. The number of halogens is 3. The number of aromatic nitrogens is 1. The molecule has 6 rings (SSSR count). The Balaban J connectivity index is 1.41. The molecule has 1 spiro atoms. The Hall–Kier alpha value is -3.52. The Kier molecular flexibility index (Phi) is 5.67. The molecule has 1 aromatic heterocycles. The van der Waals surface area contributed by atoms with Gasteiger partial charge in [-0.2, -0.15) is 13.2 Å². The van der Waals surface area contributed by atoms with Crippen molar-refractivity contribution in [1.82, 2.24) is 9.88 Å². The van der Waals surface area contributed by atoms with Crippen LogP contribution in [0.4, 0.5) is 13.2 Å². The van der Waals surface area contributed by atoms with Crippen molar-refractivity contribution in [2.45, 2.75) is 50.4 Å². The number of ether oxygens (including phenoxy) is 1. The molecule has 37 heavy (non-hydrogen) atoms. The first-order chi connectivity index (χ1) is 17.8. The molecule has 3 aromatic rings. The molecule has 1 saturated carbocycles. The maximum absolute atomic E-state index is 13.9. The zero-order chi connectivity index (χ0) is 25.8. The van der Waals surface area contributed by atoms with Gasteiger partial charge < -0.3 is 9.64 Å². The van der Waals surface area contributed by atoms with Gasteiger partial charge in [0.25, 0.3) is 0 Å². The third kappa shape index (κ3) is 4.03. The van der Waals surface area contributed by atoms with Crippen molar-refractivity contribution in [2.24, 2.45) is 16.8 Å². The molecule has 2 fully saturated rings. The van der Waals surface area contributed by atoms with Gasteiger partial charge in [0.2, 0.25) is 5.91 Å². The van der Waals surface area contributed by atoms with E-state index in [1.54, 1.807) is 17.3 Å². The number of carbonyl (C=O) groups is 1. The number of carbonyl (C=O) groups excluding carboxylic acids is 1. The molecule has 2 aliphatic heterocycles. The van der Waals surface area contributed by atoms with Gasteiger partial charge in [-0.25, -0.2) is 0 Å². The van der Waals surface area contributed by atoms with Crippen molar-refractivity contribution >= 4 is 11.6 Å². The number of fused-ring (bicyclic) bond motifs is 1. The van der Waals surface area contributed by atoms with E-state index in [2.05, 4.69) is 24.0 Å². The molecule has 0 radical (unpaired) electrons. The second-order valence-electron chi connectivity index (χ2n) is 10.1. The molecule has 2 aromatic carbocycles. The largest absolute Gasteiger partial charge is 0.416 e. The average molecular weight is 506 g/mol. The fourth-order valence-electron chi connectivity index (χ4n) is 6.06. The molecule has 1 amide bonds. The fourth-order valence-corrected chi connectivity index (χ4v) is 6.06. The lowest BCUT2D eigenvalue weighted by Gasteiger charge is -2.37. The molecular weight excluding hydrogens is 479 g/mol. The normalized spacial score (nSPS) is 29.1. The molecular formula is C29H26F3N3O2. The Morgan fingerprint density at radius 3 is 2.35 bits per heavy atom. The number of rotatable bonds is 4. The minimum atomic E-state index is -4.42. The minimum Gasteiger partial charge on any atom is -0.321 e. The molecule has 190 valence electrons. The topological polar surface area (TPSA) is 54.8 Å². The number of likely N-dealkylation sites (tertiary alicyclic amines) is 1. The van der Waals surface area contributed by atoms with Gasteiger partial charge >= 0.3 is 6.18 Å². The standard InChI is InChI=1S/C29H26F3N3O2/c1-18-23(20-5-3-2-4-6-20)15-25-28(16-24(18)27(36)35(28)17-19-11-13-33-14-12-19)37-26(34-25)21-7-9-22(10-8-21)29(30,31)32/h2-14,18,23-24,26H,15-17H2,1H3/t18-,23+,24+,26-,28+/m1/s1. The van der Waals surface area contributed by atoms with E-state index in [-0.39, 0.29) is 23.7 Å². The molecule has 8 heteroatoms. The Labute approximate surface area is 213 Å². The van der Waals surface area contributed by atoms with Gasteiger partial charge in [0, 0.05) is 36.8 Å². The van der Waals surface area contributed by atoms with Gasteiger partial charge in [0.1, 0.15) is 0 Å². The van der Waals surface area contributed by atoms with E-state index in [0.717, 1.165) is 29.0 Å². The number of amides is 1. The second kappa shape index (κ2) is 8.80. The van der Waals surface area contributed by atoms with Crippen molar-refractivity contribution in [1.29, 1.82) is 0 Å². The van der Waals surface area contributed by atoms with E-state index in [1.165, 1.54) is 12.1 Å². The predicted octanol–water partition coefficient (Wildman–Crippen LogP) is 6.14. The molecule has 3 heterocycles. The van der Waals surface area contributed by atoms with Crippen LogP contribution in [0.15, 0.2) is 84.1 Å². The predicted molar refractivity (Wildman–Crippen MR) is 131 cm³/mol. The van der Waals surface area contributed by atoms with Gasteiger partial charge in [0.05, 0.1) is 11.3 Å². The van der Waals surface area contributed by atoms with Crippen molar-refractivity contribution < 1.29 is 22.7 Å². The summed E-state index contributed by atoms with van der Waals surface area (Å²) in [6, 6.07) is 18.8. The quantitative estimate of drug-likeness (QED) is 0.428. The number of nitrogens with zero attached hydrogens (tertiary/aromatic N) is 3. The SMILES string of the molecule is C[C@H]1[C@@H]2C[C@@]3(O[C@H](c4ccc(C(F)(F)F)cc4)N=C3C[C@@H]1c1ccccc1)N(Cc1ccncc1)C2=O. The van der Waals surface area contributed by atoms with E-state index >= 15 is 0 Å². The lowest BCUT2D eigenvalue weighted by atomic mass is 9.78. The summed E-state index contributed by atoms with van der Waals surface area (Å²) in [5, 5.41) is 0. The molecule has 3 aliphatic rings. The van der Waals surface area contributed by atoms with Gasteiger partial charge in [-0.15, -0.1) is 0 Å². The molecule has 1 aliphatic carbocycles. The van der Waals surface area contributed by atoms with E-state index < -0.39 is 23.7 Å². The van der Waals surface area contributed by atoms with Crippen LogP contribution in [0.5, 0.6) is 0 Å². The van der Waals surface area contributed by atoms with Crippen LogP contribution in [0.1, 0.15) is 54.2 Å². The third-order valence-electron chi connectivity index (χ3n) is 8.07. The first-order valence-corrected chi connectivity index (χ1v) is 12.4. The average Bonchev–Trinajstić information content (AvgIpc) is 3.36. The minimum absolute atomic E-state index is 0.0192. The van der Waals surface area contributed by atoms with Gasteiger partial charge in [-0.05, 0) is 53.6 Å². The van der Waals surface area contributed by atoms with Crippen LogP contribution in [-0.4, -0.2) is 27.2 Å². The highest BCUT2D eigenvalue weighted by atomic mass is 19.4. The van der Waals surface area contributed by atoms with Crippen LogP contribution in [0.25, 0.3) is 0 Å². The maximum atomic E-state index is 13.9. The van der Waals surface area contributed by atoms with Gasteiger partial charge in [0.15, 0.2) is 12.0 Å². The molecule has 1 saturated heterocycles. The number of aliphatic imine (C=N–C) groups is 1. The first-order valence-electron chi connectivity index (χ1n) is 12.4. The van der Waals surface area contributed by atoms with Crippen LogP contribution in [0.3, 0.4) is 0 Å². The molecule has 0 N–H and O–H groups in total. The highest BCUT2D eigenvalue weighted by molar-refractivity contribution is 6.01. The van der Waals surface area contributed by atoms with Crippen LogP contribution in [0, 0.1) is 11.8 Å². The smallest absolute Gasteiger partial charge is 0.321 e. The zero-order valence-corrected chi connectivity index (χ0v) is 20.2. The van der Waals surface area contributed by atoms with Crippen molar-refractivity contribution in [3.8, 4) is 0 Å². The fraction of sp³-hybridized carbons (Fsp3) is 0.345. The van der Waals surface area contributed by atoms with Crippen molar-refractivity contribution in [2.75, 3.05) is 0 Å². The van der Waals surface area contributed by atoms with Crippen molar-refractivity contribution in [3.05, 3.63) is 101 Å². The van der Waals surface area contributed by atoms with Gasteiger partial charge in [-0.1, -0.05) is 49.4 Å². The van der Waals surface area contributed by atoms with E-state index in [4.69, 9.17) is 9.73 Å². The summed E-state index contributed by atoms with van der Waals surface area (Å²) in [4.78, 5) is 24.7. The number of pyridine rings is 1. The highest BCUT2D eigenvalue weighted by Gasteiger charge is 2.62. The summed E-state index contributed by atoms with van der Waals surface area (Å²) in [7, 11) is 0. The summed E-state index contributed by atoms with van der Waals surface area (Å²) in [5.41, 5.74) is 1.63. The van der Waals surface area contributed by atoms with Crippen molar-refractivity contribution in [3.63, 3.8) is 0 Å². The Bertz CT molecular complexity index is 1330. The van der Waals surface area contributed by atoms with Crippen LogP contribution in [0.2, 0.25) is 0 Å². The first kappa shape index (κ1) is 23.9. The van der Waals surface area contributed by atoms with E-state index in [1.807, 2.05) is 30.3 Å². The monoisotopic (exact) mass is 505 g/mol. The van der Waals surface area contributed by atoms with Crippen LogP contribution < -0.4 is 0 Å². The summed E-state index contributed by atoms with van der Waals surface area (Å²) in [5.74, 6) is -0.0961.